The highest BCUT2D eigenvalue weighted by Crippen LogP contribution is 2.35. The number of fused-ring (bicyclic) bond motifs is 1. The molecular formula is C19H24N4S. The number of hydrogen-bond donors (Lipinski definition) is 0. The van der Waals surface area contributed by atoms with Gasteiger partial charge >= 0.3 is 0 Å². The second kappa shape index (κ2) is 6.30. The number of piperidine rings is 1. The Balaban J connectivity index is 1.59. The third-order valence-corrected chi connectivity index (χ3v) is 6.36. The van der Waals surface area contributed by atoms with Gasteiger partial charge in [0.15, 0.2) is 0 Å². The molecule has 0 spiro atoms. The van der Waals surface area contributed by atoms with Crippen LogP contribution in [0.1, 0.15) is 46.4 Å². The van der Waals surface area contributed by atoms with Gasteiger partial charge in [0.05, 0.1) is 5.69 Å². The zero-order valence-corrected chi connectivity index (χ0v) is 15.4. The van der Waals surface area contributed by atoms with Crippen molar-refractivity contribution in [2.45, 2.75) is 46.1 Å². The number of thiazole rings is 1. The molecule has 0 N–H and O–H groups in total. The lowest BCUT2D eigenvalue weighted by Gasteiger charge is -2.32. The first-order valence-electron chi connectivity index (χ1n) is 8.69. The zero-order valence-electron chi connectivity index (χ0n) is 14.6. The smallest absolute Gasteiger partial charge is 0.123 e. The minimum atomic E-state index is 0.543. The molecule has 0 radical (unpaired) electrons. The summed E-state index contributed by atoms with van der Waals surface area (Å²) in [5.74, 6) is 1.68. The number of likely N-dealkylation sites (tertiary alicyclic amines) is 1. The van der Waals surface area contributed by atoms with E-state index in [2.05, 4.69) is 47.2 Å². The molecule has 4 heterocycles. The van der Waals surface area contributed by atoms with Crippen molar-refractivity contribution in [2.75, 3.05) is 13.1 Å². The van der Waals surface area contributed by atoms with Crippen molar-refractivity contribution in [3.63, 3.8) is 0 Å². The predicted molar refractivity (Wildman–Crippen MR) is 98.8 cm³/mol. The molecular weight excluding hydrogens is 316 g/mol. The topological polar surface area (TPSA) is 33.4 Å². The summed E-state index contributed by atoms with van der Waals surface area (Å²) in [5, 5.41) is 0. The van der Waals surface area contributed by atoms with Crippen molar-refractivity contribution in [3.8, 4) is 0 Å². The summed E-state index contributed by atoms with van der Waals surface area (Å²) >= 11 is 1.90. The highest BCUT2D eigenvalue weighted by molar-refractivity contribution is 7.17. The molecule has 1 atom stereocenters. The van der Waals surface area contributed by atoms with Crippen molar-refractivity contribution in [3.05, 3.63) is 52.2 Å². The summed E-state index contributed by atoms with van der Waals surface area (Å²) in [6, 6.07) is 4.24. The van der Waals surface area contributed by atoms with Gasteiger partial charge < -0.3 is 0 Å². The summed E-state index contributed by atoms with van der Waals surface area (Å²) in [7, 11) is 0. The average Bonchev–Trinajstić information content (AvgIpc) is 3.06. The number of nitrogens with zero attached hydrogens (tertiary/aromatic N) is 4. The minimum absolute atomic E-state index is 0.543. The van der Waals surface area contributed by atoms with Gasteiger partial charge in [-0.15, -0.1) is 11.3 Å². The van der Waals surface area contributed by atoms with E-state index in [1.54, 1.807) is 0 Å². The predicted octanol–water partition coefficient (Wildman–Crippen LogP) is 4.10. The highest BCUT2D eigenvalue weighted by Gasteiger charge is 2.27. The van der Waals surface area contributed by atoms with E-state index in [1.165, 1.54) is 46.0 Å². The second-order valence-corrected chi connectivity index (χ2v) is 8.06. The Labute approximate surface area is 147 Å². The van der Waals surface area contributed by atoms with Crippen molar-refractivity contribution >= 4 is 16.2 Å². The molecule has 1 unspecified atom stereocenters. The molecule has 3 aromatic rings. The molecule has 1 saturated heterocycles. The van der Waals surface area contributed by atoms with E-state index in [0.717, 1.165) is 18.9 Å². The standard InChI is InChI=1S/C19H24N4S/c1-13-14(2)24-19-18(21-15(3)23(13)19)17-5-4-10-22(12-17)11-16-6-8-20-9-7-16/h6-9,17H,4-5,10-12H2,1-3H3. The van der Waals surface area contributed by atoms with Crippen LogP contribution in [0.4, 0.5) is 0 Å². The summed E-state index contributed by atoms with van der Waals surface area (Å²) in [6.45, 7) is 9.84. The Morgan fingerprint density at radius 3 is 2.79 bits per heavy atom. The number of aromatic nitrogens is 3. The third-order valence-electron chi connectivity index (χ3n) is 5.17. The van der Waals surface area contributed by atoms with Crippen LogP contribution in [0.2, 0.25) is 0 Å². The monoisotopic (exact) mass is 340 g/mol. The van der Waals surface area contributed by atoms with Crippen LogP contribution in [0.5, 0.6) is 0 Å². The van der Waals surface area contributed by atoms with Gasteiger partial charge in [-0.3, -0.25) is 14.3 Å². The number of rotatable bonds is 3. The molecule has 3 aromatic heterocycles. The molecule has 24 heavy (non-hydrogen) atoms. The van der Waals surface area contributed by atoms with E-state index in [4.69, 9.17) is 4.98 Å². The molecule has 4 nitrogen and oxygen atoms in total. The van der Waals surface area contributed by atoms with Crippen molar-refractivity contribution < 1.29 is 0 Å². The molecule has 0 aliphatic carbocycles. The van der Waals surface area contributed by atoms with Crippen molar-refractivity contribution in [2.24, 2.45) is 0 Å². The lowest BCUT2D eigenvalue weighted by molar-refractivity contribution is 0.199. The number of pyridine rings is 1. The summed E-state index contributed by atoms with van der Waals surface area (Å²) < 4.78 is 2.34. The van der Waals surface area contributed by atoms with E-state index in [1.807, 2.05) is 23.7 Å². The summed E-state index contributed by atoms with van der Waals surface area (Å²) in [6.07, 6.45) is 6.26. The lowest BCUT2D eigenvalue weighted by Crippen LogP contribution is -2.34. The van der Waals surface area contributed by atoms with Gasteiger partial charge in [0.25, 0.3) is 0 Å². The Morgan fingerprint density at radius 1 is 1.21 bits per heavy atom. The Kier molecular flexibility index (Phi) is 4.14. The SMILES string of the molecule is Cc1sc2c(C3CCCN(Cc4ccncc4)C3)nc(C)n2c1C. The molecule has 0 aromatic carbocycles. The van der Waals surface area contributed by atoms with E-state index >= 15 is 0 Å². The fraction of sp³-hybridized carbons (Fsp3) is 0.474. The molecule has 1 aliphatic rings. The first kappa shape index (κ1) is 15.8. The maximum absolute atomic E-state index is 4.95. The molecule has 5 heteroatoms. The first-order valence-corrected chi connectivity index (χ1v) is 9.51. The molecule has 0 bridgehead atoms. The summed E-state index contributed by atoms with van der Waals surface area (Å²) in [5.41, 5.74) is 4.00. The maximum Gasteiger partial charge on any atom is 0.123 e. The molecule has 1 fully saturated rings. The molecule has 4 rings (SSSR count). The van der Waals surface area contributed by atoms with Gasteiger partial charge in [-0.1, -0.05) is 0 Å². The quantitative estimate of drug-likeness (QED) is 0.720. The largest absolute Gasteiger partial charge is 0.298 e. The van der Waals surface area contributed by atoms with Gasteiger partial charge in [-0.05, 0) is 57.9 Å². The van der Waals surface area contributed by atoms with Crippen LogP contribution in [0, 0.1) is 20.8 Å². The van der Waals surface area contributed by atoms with Crippen LogP contribution in [0.25, 0.3) is 4.83 Å². The van der Waals surface area contributed by atoms with Crippen molar-refractivity contribution in [1.82, 2.24) is 19.3 Å². The van der Waals surface area contributed by atoms with Gasteiger partial charge in [0, 0.05) is 42.0 Å². The highest BCUT2D eigenvalue weighted by atomic mass is 32.1. The second-order valence-electron chi connectivity index (χ2n) is 6.86. The Hall–Kier alpha value is -1.72. The zero-order chi connectivity index (χ0) is 16.7. The Morgan fingerprint density at radius 2 is 2.00 bits per heavy atom. The first-order chi connectivity index (χ1) is 11.6. The number of aryl methyl sites for hydroxylation is 3. The van der Waals surface area contributed by atoms with E-state index < -0.39 is 0 Å². The van der Waals surface area contributed by atoms with Gasteiger partial charge in [0.1, 0.15) is 10.7 Å². The average molecular weight is 340 g/mol. The van der Waals surface area contributed by atoms with Gasteiger partial charge in [-0.25, -0.2) is 4.98 Å². The van der Waals surface area contributed by atoms with E-state index in [0.29, 0.717) is 5.92 Å². The lowest BCUT2D eigenvalue weighted by atomic mass is 9.95. The molecule has 0 amide bonds. The van der Waals surface area contributed by atoms with Gasteiger partial charge in [0.2, 0.25) is 0 Å². The summed E-state index contributed by atoms with van der Waals surface area (Å²) in [4.78, 5) is 14.4. The van der Waals surface area contributed by atoms with Crippen LogP contribution in [0.15, 0.2) is 24.5 Å². The molecule has 1 aliphatic heterocycles. The fourth-order valence-electron chi connectivity index (χ4n) is 3.84. The van der Waals surface area contributed by atoms with Crippen molar-refractivity contribution in [1.29, 1.82) is 0 Å². The van der Waals surface area contributed by atoms with Crippen LogP contribution < -0.4 is 0 Å². The molecule has 126 valence electrons. The van der Waals surface area contributed by atoms with Crippen LogP contribution in [-0.2, 0) is 6.54 Å². The Bertz CT molecular complexity index is 849. The fourth-order valence-corrected chi connectivity index (χ4v) is 5.04. The van der Waals surface area contributed by atoms with E-state index in [9.17, 15) is 0 Å². The third kappa shape index (κ3) is 2.76. The van der Waals surface area contributed by atoms with Crippen LogP contribution in [0.3, 0.4) is 0 Å². The number of imidazole rings is 1. The molecule has 0 saturated carbocycles. The minimum Gasteiger partial charge on any atom is -0.298 e. The maximum atomic E-state index is 4.95. The number of hydrogen-bond acceptors (Lipinski definition) is 4. The normalized spacial score (nSPS) is 19.2. The van der Waals surface area contributed by atoms with E-state index in [-0.39, 0.29) is 0 Å². The van der Waals surface area contributed by atoms with Crippen LogP contribution in [-0.4, -0.2) is 32.4 Å². The van der Waals surface area contributed by atoms with Crippen LogP contribution >= 0.6 is 11.3 Å². The van der Waals surface area contributed by atoms with Gasteiger partial charge in [-0.2, -0.15) is 0 Å².